The Balaban J connectivity index is 0.000000566. The van der Waals surface area contributed by atoms with Gasteiger partial charge in [-0.3, -0.25) is 23.8 Å². The minimum Gasteiger partial charge on any atom is -0.481 e. The van der Waals surface area contributed by atoms with E-state index in [0.29, 0.717) is 38.2 Å². The number of alkyl halides is 3. The van der Waals surface area contributed by atoms with Crippen molar-refractivity contribution in [3.63, 3.8) is 0 Å². The van der Waals surface area contributed by atoms with E-state index >= 15 is 8.78 Å². The van der Waals surface area contributed by atoms with E-state index < -0.39 is 48.8 Å². The van der Waals surface area contributed by atoms with E-state index in [1.54, 1.807) is 6.92 Å². The van der Waals surface area contributed by atoms with Gasteiger partial charge in [0.1, 0.15) is 30.4 Å². The number of aliphatic hydroxyl groups excluding tert-OH is 1. The van der Waals surface area contributed by atoms with Gasteiger partial charge >= 0.3 is 5.97 Å². The highest BCUT2D eigenvalue weighted by molar-refractivity contribution is 5.93. The Kier molecular flexibility index (Phi) is 10.6. The molecule has 3 heterocycles. The summed E-state index contributed by atoms with van der Waals surface area (Å²) in [4.78, 5) is 26.1. The first-order valence-electron chi connectivity index (χ1n) is 14.4. The molecule has 2 aliphatic heterocycles. The molecule has 44 heavy (non-hydrogen) atoms. The molecule has 0 spiro atoms. The minimum atomic E-state index is -3.44. The monoisotopic (exact) mass is 624 g/mol. The van der Waals surface area contributed by atoms with Crippen LogP contribution < -0.4 is 5.32 Å². The Morgan fingerprint density at radius 1 is 1.14 bits per heavy atom. The number of Topliss-reactive ketones (excluding diaryl/α,β-unsaturated/α-hetero) is 1. The van der Waals surface area contributed by atoms with Gasteiger partial charge in [-0.25, -0.2) is 17.6 Å². The van der Waals surface area contributed by atoms with Gasteiger partial charge in [0.25, 0.3) is 5.92 Å². The number of hydrogen-bond donors (Lipinski definition) is 4. The number of H-pyrrole nitrogens is 1. The third-order valence-electron chi connectivity index (χ3n) is 7.85. The molecule has 0 unspecified atom stereocenters. The highest BCUT2D eigenvalue weighted by atomic mass is 19.3. The van der Waals surface area contributed by atoms with Gasteiger partial charge in [-0.2, -0.15) is 0 Å². The van der Waals surface area contributed by atoms with Crippen LogP contribution in [0.5, 0.6) is 0 Å². The van der Waals surface area contributed by atoms with Crippen LogP contribution in [0.2, 0.25) is 0 Å². The molecule has 2 aromatic carbocycles. The molecule has 2 atom stereocenters. The summed E-state index contributed by atoms with van der Waals surface area (Å²) in [5, 5.41) is 21.1. The maximum atomic E-state index is 15.7. The highest BCUT2D eigenvalue weighted by Gasteiger charge is 2.43. The number of aliphatic hydroxyl groups is 1. The fraction of sp³-hybridized carbons (Fsp3) is 0.484. The lowest BCUT2D eigenvalue weighted by Gasteiger charge is -2.42. The number of aromatic nitrogens is 1. The number of nitrogens with zero attached hydrogens (tertiary/aromatic N) is 2. The molecule has 5 rings (SSSR count). The lowest BCUT2D eigenvalue weighted by Crippen LogP contribution is -2.54. The smallest absolute Gasteiger partial charge is 0.310 e. The number of carbonyl (C=O) groups is 2. The van der Waals surface area contributed by atoms with Gasteiger partial charge in [0.15, 0.2) is 0 Å². The number of likely N-dealkylation sites (tertiary alicyclic amines) is 1. The van der Waals surface area contributed by atoms with E-state index in [-0.39, 0.29) is 36.2 Å². The average Bonchev–Trinajstić information content (AvgIpc) is 3.28. The first-order valence-corrected chi connectivity index (χ1v) is 14.4. The summed E-state index contributed by atoms with van der Waals surface area (Å²) in [6.45, 7) is 2.33. The zero-order valence-corrected chi connectivity index (χ0v) is 24.6. The number of fused-ring (bicyclic) bond motifs is 3. The zero-order valence-electron chi connectivity index (χ0n) is 24.6. The van der Waals surface area contributed by atoms with Crippen molar-refractivity contribution in [1.29, 1.82) is 0 Å². The van der Waals surface area contributed by atoms with E-state index in [1.807, 2.05) is 24.3 Å². The van der Waals surface area contributed by atoms with Crippen molar-refractivity contribution in [2.24, 2.45) is 0 Å². The summed E-state index contributed by atoms with van der Waals surface area (Å²) in [5.74, 6) is -6.49. The van der Waals surface area contributed by atoms with Crippen LogP contribution in [0.3, 0.4) is 0 Å². The van der Waals surface area contributed by atoms with Crippen molar-refractivity contribution >= 4 is 28.3 Å². The Morgan fingerprint density at radius 2 is 1.80 bits per heavy atom. The summed E-state index contributed by atoms with van der Waals surface area (Å²) in [6.07, 6.45) is 0.507. The van der Waals surface area contributed by atoms with E-state index in [4.69, 9.17) is 5.11 Å². The number of rotatable bonds is 11. The molecule has 8 nitrogen and oxygen atoms in total. The number of para-hydroxylation sites is 1. The number of carboxylic acids is 1. The van der Waals surface area contributed by atoms with Gasteiger partial charge in [0, 0.05) is 53.5 Å². The number of hydrogen-bond acceptors (Lipinski definition) is 6. The second kappa shape index (κ2) is 14.0. The van der Waals surface area contributed by atoms with Gasteiger partial charge < -0.3 is 20.5 Å². The first kappa shape index (κ1) is 33.3. The Labute approximate surface area is 251 Å². The fourth-order valence-electron chi connectivity index (χ4n) is 5.89. The molecule has 1 aromatic heterocycles. The lowest BCUT2D eigenvalue weighted by atomic mass is 9.87. The summed E-state index contributed by atoms with van der Waals surface area (Å²) in [6, 6.07) is 8.25. The van der Waals surface area contributed by atoms with Crippen LogP contribution in [0.1, 0.15) is 49.6 Å². The molecular formula is C31H37F5N4O4. The molecule has 0 bridgehead atoms. The molecule has 1 fully saturated rings. The average molecular weight is 625 g/mol. The van der Waals surface area contributed by atoms with Crippen LogP contribution in [0.4, 0.5) is 27.6 Å². The van der Waals surface area contributed by atoms with Crippen LogP contribution in [0.15, 0.2) is 36.4 Å². The molecule has 13 heteroatoms. The zero-order chi connectivity index (χ0) is 32.2. The van der Waals surface area contributed by atoms with Gasteiger partial charge in [0.2, 0.25) is 0 Å². The van der Waals surface area contributed by atoms with Gasteiger partial charge in [-0.05, 0) is 50.5 Å². The second-order valence-corrected chi connectivity index (χ2v) is 11.5. The van der Waals surface area contributed by atoms with E-state index in [1.165, 1.54) is 24.0 Å². The van der Waals surface area contributed by atoms with Crippen molar-refractivity contribution in [3.8, 4) is 0 Å². The molecular weight excluding hydrogens is 587 g/mol. The van der Waals surface area contributed by atoms with E-state index in [2.05, 4.69) is 15.2 Å². The topological polar surface area (TPSA) is 109 Å². The van der Waals surface area contributed by atoms with Gasteiger partial charge in [-0.15, -0.1) is 0 Å². The molecule has 0 aliphatic carbocycles. The molecule has 4 N–H and O–H groups in total. The maximum Gasteiger partial charge on any atom is 0.310 e. The third-order valence-corrected chi connectivity index (χ3v) is 7.85. The van der Waals surface area contributed by atoms with E-state index in [0.717, 1.165) is 16.5 Å². The molecule has 3 aromatic rings. The number of anilines is 1. The quantitative estimate of drug-likeness (QED) is 0.177. The van der Waals surface area contributed by atoms with Crippen molar-refractivity contribution in [2.45, 2.75) is 57.2 Å². The molecule has 0 saturated carbocycles. The SMILES string of the molecule is CC(=O)CC(=O)O.C[C@@H]1Cc2c([nH]c3ccccc23)[C@@H](c2c(F)cc(NC3CN(CCCF)C3)cc2F)N1CC(F)(F)CO. The summed E-state index contributed by atoms with van der Waals surface area (Å²) in [7, 11) is 0. The first-order chi connectivity index (χ1) is 20.8. The van der Waals surface area contributed by atoms with Crippen LogP contribution >= 0.6 is 0 Å². The van der Waals surface area contributed by atoms with Gasteiger partial charge in [0.05, 0.1) is 25.3 Å². The number of carboxylic acid groups (broad SMARTS) is 1. The number of aromatic amines is 1. The predicted octanol–water partition coefficient (Wildman–Crippen LogP) is 4.92. The van der Waals surface area contributed by atoms with Crippen molar-refractivity contribution in [2.75, 3.05) is 44.8 Å². The van der Waals surface area contributed by atoms with Crippen molar-refractivity contribution in [1.82, 2.24) is 14.8 Å². The standard InChI is InChI=1S/C27H31F5N4O.C4H6O3/c1-16-9-20-19-5-2-3-6-23(19)34-25(20)26(36(16)14-27(31,32)15-37)24-21(29)10-17(11-22(24)30)33-18-12-35(13-18)8-4-7-28;1-3(5)2-4(6)7/h2-3,5-6,10-11,16,18,26,33-34,37H,4,7-9,12-15H2,1H3;2H2,1H3,(H,6,7)/t16-,26-;/m1./s1. The Hall–Kier alpha value is -3.55. The largest absolute Gasteiger partial charge is 0.481 e. The lowest BCUT2D eigenvalue weighted by molar-refractivity contribution is -0.139. The number of ketones is 1. The normalized spacial score (nSPS) is 19.2. The Morgan fingerprint density at radius 3 is 2.36 bits per heavy atom. The molecule has 1 saturated heterocycles. The summed E-state index contributed by atoms with van der Waals surface area (Å²) in [5.41, 5.74) is 2.05. The number of benzene rings is 2. The number of aliphatic carboxylic acids is 1. The van der Waals surface area contributed by atoms with Gasteiger partial charge in [-0.1, -0.05) is 18.2 Å². The predicted molar refractivity (Wildman–Crippen MR) is 156 cm³/mol. The molecule has 240 valence electrons. The van der Waals surface area contributed by atoms with Crippen molar-refractivity contribution < 1.29 is 41.8 Å². The maximum absolute atomic E-state index is 15.7. The van der Waals surface area contributed by atoms with Crippen LogP contribution in [0, 0.1) is 11.6 Å². The highest BCUT2D eigenvalue weighted by Crippen LogP contribution is 2.43. The molecule has 0 radical (unpaired) electrons. The van der Waals surface area contributed by atoms with Crippen LogP contribution in [-0.4, -0.2) is 94.2 Å². The van der Waals surface area contributed by atoms with Crippen molar-refractivity contribution in [3.05, 3.63) is 64.9 Å². The Bertz CT molecular complexity index is 1440. The second-order valence-electron chi connectivity index (χ2n) is 11.5. The number of carbonyl (C=O) groups excluding carboxylic acids is 1. The van der Waals surface area contributed by atoms with Crippen LogP contribution in [-0.2, 0) is 16.0 Å². The summed E-state index contributed by atoms with van der Waals surface area (Å²) < 4.78 is 72.5. The molecule has 0 amide bonds. The van der Waals surface area contributed by atoms with Crippen LogP contribution in [0.25, 0.3) is 10.9 Å². The number of halogens is 5. The minimum absolute atomic E-state index is 0.0148. The third kappa shape index (κ3) is 7.74. The summed E-state index contributed by atoms with van der Waals surface area (Å²) >= 11 is 0. The van der Waals surface area contributed by atoms with E-state index in [9.17, 15) is 27.9 Å². The molecule has 2 aliphatic rings. The number of nitrogens with one attached hydrogen (secondary N) is 2. The fourth-order valence-corrected chi connectivity index (χ4v) is 5.89.